The average molecular weight is 414 g/mol. The van der Waals surface area contributed by atoms with Crippen molar-refractivity contribution in [3.63, 3.8) is 0 Å². The number of aromatic amines is 1. The Hall–Kier alpha value is -3.43. The van der Waals surface area contributed by atoms with Crippen molar-refractivity contribution in [1.29, 1.82) is 0 Å². The largest absolute Gasteiger partial charge is 0.408 e. The summed E-state index contributed by atoms with van der Waals surface area (Å²) in [5.74, 6) is -0.912. The van der Waals surface area contributed by atoms with Gasteiger partial charge in [-0.1, -0.05) is 12.1 Å². The maximum atomic E-state index is 13.3. The Morgan fingerprint density at radius 2 is 2.03 bits per heavy atom. The van der Waals surface area contributed by atoms with Crippen LogP contribution in [0.1, 0.15) is 28.9 Å². The Bertz CT molecular complexity index is 1240. The summed E-state index contributed by atoms with van der Waals surface area (Å²) in [5, 5.41) is 6.26. The van der Waals surface area contributed by atoms with Crippen LogP contribution in [0.25, 0.3) is 28.2 Å². The molecule has 30 heavy (non-hydrogen) atoms. The molecule has 0 spiro atoms. The highest BCUT2D eigenvalue weighted by Crippen LogP contribution is 2.40. The number of H-pyrrole nitrogens is 1. The fraction of sp³-hybridized carbons (Fsp3) is 0.300. The van der Waals surface area contributed by atoms with Gasteiger partial charge in [0.05, 0.1) is 17.2 Å². The van der Waals surface area contributed by atoms with Gasteiger partial charge in [-0.15, -0.1) is 0 Å². The molecule has 1 aliphatic carbocycles. The maximum Gasteiger partial charge on any atom is 0.408 e. The molecular formula is C20H17F3N6O. The van der Waals surface area contributed by atoms with Gasteiger partial charge in [0, 0.05) is 5.69 Å². The lowest BCUT2D eigenvalue weighted by Crippen LogP contribution is -2.46. The Kier molecular flexibility index (Phi) is 4.05. The van der Waals surface area contributed by atoms with Crippen molar-refractivity contribution < 1.29 is 18.0 Å². The van der Waals surface area contributed by atoms with Crippen LogP contribution in [-0.4, -0.2) is 42.7 Å². The number of aryl methyl sites for hydroxylation is 1. The first-order valence-corrected chi connectivity index (χ1v) is 9.49. The van der Waals surface area contributed by atoms with Crippen molar-refractivity contribution in [1.82, 2.24) is 29.9 Å². The predicted molar refractivity (Wildman–Crippen MR) is 103 cm³/mol. The molecule has 5 rings (SSSR count). The van der Waals surface area contributed by atoms with E-state index in [1.807, 2.05) is 24.3 Å². The first-order valence-electron chi connectivity index (χ1n) is 9.49. The lowest BCUT2D eigenvalue weighted by atomic mass is 10.1. The highest BCUT2D eigenvalue weighted by molar-refractivity contribution is 6.00. The number of carbonyl (C=O) groups is 1. The molecule has 0 saturated heterocycles. The van der Waals surface area contributed by atoms with Gasteiger partial charge in [-0.3, -0.25) is 4.79 Å². The standard InChI is InChI=1S/C20H17F3N6O/c1-10-8-15(17-25-13-4-2-3-5-14(13)26-17)27-18-12(9-24-29(10)18)19(30)28-16(11-6-7-11)20(21,22)23/h2-5,8-9,11,16H,6-7H2,1H3,(H,25,26)(H,28,30). The van der Waals surface area contributed by atoms with Crippen molar-refractivity contribution in [2.45, 2.75) is 32.0 Å². The van der Waals surface area contributed by atoms with Crippen LogP contribution in [0.5, 0.6) is 0 Å². The molecule has 154 valence electrons. The van der Waals surface area contributed by atoms with E-state index >= 15 is 0 Å². The van der Waals surface area contributed by atoms with E-state index in [-0.39, 0.29) is 11.2 Å². The zero-order valence-electron chi connectivity index (χ0n) is 15.9. The molecule has 1 aliphatic rings. The third-order valence-corrected chi connectivity index (χ3v) is 5.26. The van der Waals surface area contributed by atoms with Gasteiger partial charge >= 0.3 is 6.18 Å². The maximum absolute atomic E-state index is 13.3. The molecule has 7 nitrogen and oxygen atoms in total. The van der Waals surface area contributed by atoms with Crippen molar-refractivity contribution in [2.24, 2.45) is 5.92 Å². The summed E-state index contributed by atoms with van der Waals surface area (Å²) in [6.07, 6.45) is -2.35. The van der Waals surface area contributed by atoms with Crippen LogP contribution in [-0.2, 0) is 0 Å². The molecule has 1 fully saturated rings. The molecule has 4 aromatic rings. The van der Waals surface area contributed by atoms with E-state index < -0.39 is 24.0 Å². The second-order valence-corrected chi connectivity index (χ2v) is 7.51. The molecule has 0 aliphatic heterocycles. The van der Waals surface area contributed by atoms with Gasteiger partial charge in [0.1, 0.15) is 17.3 Å². The minimum absolute atomic E-state index is 0.00837. The van der Waals surface area contributed by atoms with Gasteiger partial charge in [0.15, 0.2) is 11.5 Å². The van der Waals surface area contributed by atoms with Crippen molar-refractivity contribution in [3.8, 4) is 11.5 Å². The van der Waals surface area contributed by atoms with Crippen molar-refractivity contribution in [2.75, 3.05) is 0 Å². The first-order chi connectivity index (χ1) is 14.3. The van der Waals surface area contributed by atoms with Gasteiger partial charge in [-0.05, 0) is 43.9 Å². The number of alkyl halides is 3. The summed E-state index contributed by atoms with van der Waals surface area (Å²) < 4.78 is 41.4. The molecule has 1 amide bonds. The van der Waals surface area contributed by atoms with Crippen LogP contribution >= 0.6 is 0 Å². The summed E-state index contributed by atoms with van der Waals surface area (Å²) in [4.78, 5) is 24.8. The molecule has 3 heterocycles. The Morgan fingerprint density at radius 3 is 2.73 bits per heavy atom. The Morgan fingerprint density at radius 1 is 1.27 bits per heavy atom. The van der Waals surface area contributed by atoms with E-state index in [9.17, 15) is 18.0 Å². The zero-order valence-corrected chi connectivity index (χ0v) is 15.9. The van der Waals surface area contributed by atoms with Crippen LogP contribution in [0.3, 0.4) is 0 Å². The van der Waals surface area contributed by atoms with Crippen LogP contribution in [0.4, 0.5) is 13.2 Å². The lowest BCUT2D eigenvalue weighted by molar-refractivity contribution is -0.158. The highest BCUT2D eigenvalue weighted by Gasteiger charge is 2.49. The number of hydrogen-bond donors (Lipinski definition) is 2. The number of para-hydroxylation sites is 2. The van der Waals surface area contributed by atoms with Gasteiger partial charge < -0.3 is 10.3 Å². The number of amides is 1. The lowest BCUT2D eigenvalue weighted by Gasteiger charge is -2.20. The van der Waals surface area contributed by atoms with Gasteiger partial charge in [-0.25, -0.2) is 14.5 Å². The van der Waals surface area contributed by atoms with Gasteiger partial charge in [-0.2, -0.15) is 18.3 Å². The number of fused-ring (bicyclic) bond motifs is 2. The summed E-state index contributed by atoms with van der Waals surface area (Å²) in [7, 11) is 0. The topological polar surface area (TPSA) is 88.0 Å². The third-order valence-electron chi connectivity index (χ3n) is 5.26. The minimum Gasteiger partial charge on any atom is -0.340 e. The number of nitrogens with zero attached hydrogens (tertiary/aromatic N) is 4. The smallest absolute Gasteiger partial charge is 0.340 e. The predicted octanol–water partition coefficient (Wildman–Crippen LogP) is 3.65. The molecule has 0 radical (unpaired) electrons. The SMILES string of the molecule is Cc1cc(-c2nc3ccccc3[nH]2)nc2c(C(=O)NC(C3CC3)C(F)(F)F)cnn12. The average Bonchev–Trinajstić information content (AvgIpc) is 3.27. The van der Waals surface area contributed by atoms with E-state index in [4.69, 9.17) is 0 Å². The number of benzene rings is 1. The molecule has 1 saturated carbocycles. The second kappa shape index (κ2) is 6.54. The van der Waals surface area contributed by atoms with Crippen LogP contribution in [0.15, 0.2) is 36.5 Å². The first kappa shape index (κ1) is 18.6. The van der Waals surface area contributed by atoms with E-state index in [1.165, 1.54) is 10.7 Å². The molecule has 3 aromatic heterocycles. The number of carbonyl (C=O) groups excluding carboxylic acids is 1. The molecule has 1 unspecified atom stereocenters. The highest BCUT2D eigenvalue weighted by atomic mass is 19.4. The van der Waals surface area contributed by atoms with E-state index in [0.717, 1.165) is 11.0 Å². The van der Waals surface area contributed by atoms with Crippen molar-refractivity contribution >= 4 is 22.6 Å². The van der Waals surface area contributed by atoms with Gasteiger partial charge in [0.2, 0.25) is 0 Å². The minimum atomic E-state index is -4.50. The second-order valence-electron chi connectivity index (χ2n) is 7.51. The molecular weight excluding hydrogens is 397 g/mol. The fourth-order valence-electron chi connectivity index (χ4n) is 3.58. The van der Waals surface area contributed by atoms with E-state index in [1.54, 1.807) is 13.0 Å². The summed E-state index contributed by atoms with van der Waals surface area (Å²) >= 11 is 0. The summed E-state index contributed by atoms with van der Waals surface area (Å²) in [6.45, 7) is 1.78. The molecule has 0 bridgehead atoms. The number of rotatable bonds is 4. The molecule has 10 heteroatoms. The third kappa shape index (κ3) is 3.17. The van der Waals surface area contributed by atoms with E-state index in [0.29, 0.717) is 30.1 Å². The van der Waals surface area contributed by atoms with E-state index in [2.05, 4.69) is 25.4 Å². The zero-order chi connectivity index (χ0) is 21.0. The number of halogens is 3. The normalized spacial score (nSPS) is 15.6. The van der Waals surface area contributed by atoms with Crippen molar-refractivity contribution in [3.05, 3.63) is 47.8 Å². The molecule has 1 aromatic carbocycles. The monoisotopic (exact) mass is 414 g/mol. The number of aromatic nitrogens is 5. The van der Waals surface area contributed by atoms with Gasteiger partial charge in [0.25, 0.3) is 5.91 Å². The number of nitrogens with one attached hydrogen (secondary N) is 2. The fourth-order valence-corrected chi connectivity index (χ4v) is 3.58. The number of imidazole rings is 1. The summed E-state index contributed by atoms with van der Waals surface area (Å²) in [6, 6.07) is 7.37. The van der Waals surface area contributed by atoms with Crippen LogP contribution in [0, 0.1) is 12.8 Å². The quantitative estimate of drug-likeness (QED) is 0.534. The number of hydrogen-bond acceptors (Lipinski definition) is 4. The van der Waals surface area contributed by atoms with Crippen LogP contribution in [0.2, 0.25) is 0 Å². The Balaban J connectivity index is 1.54. The molecule has 1 atom stereocenters. The van der Waals surface area contributed by atoms with Crippen LogP contribution < -0.4 is 5.32 Å². The summed E-state index contributed by atoms with van der Waals surface area (Å²) in [5.41, 5.74) is 2.90. The molecule has 2 N–H and O–H groups in total. The Labute approximate surface area is 168 Å².